The van der Waals surface area contributed by atoms with Crippen LogP contribution < -0.4 is 4.74 Å². The number of pyridine rings is 1. The quantitative estimate of drug-likeness (QED) is 0.434. The SMILES string of the molecule is Cn1cc(-c2ccncc2)c(-c2ccc(OCc3ncc4ccccc4n3)cc2)n1. The number of hydrogen-bond acceptors (Lipinski definition) is 5. The molecule has 2 aromatic carbocycles. The Morgan fingerprint density at radius 1 is 0.900 bits per heavy atom. The van der Waals surface area contributed by atoms with Gasteiger partial charge >= 0.3 is 0 Å². The Morgan fingerprint density at radius 3 is 2.53 bits per heavy atom. The first-order valence-corrected chi connectivity index (χ1v) is 9.64. The van der Waals surface area contributed by atoms with E-state index in [-0.39, 0.29) is 0 Å². The molecule has 0 aliphatic carbocycles. The van der Waals surface area contributed by atoms with Crippen LogP contribution >= 0.6 is 0 Å². The molecule has 0 aliphatic rings. The van der Waals surface area contributed by atoms with E-state index in [1.165, 1.54) is 0 Å². The topological polar surface area (TPSA) is 65.7 Å². The van der Waals surface area contributed by atoms with Gasteiger partial charge in [0.1, 0.15) is 18.1 Å². The predicted molar refractivity (Wildman–Crippen MR) is 116 cm³/mol. The zero-order valence-corrected chi connectivity index (χ0v) is 16.4. The molecular weight excluding hydrogens is 374 g/mol. The van der Waals surface area contributed by atoms with Crippen LogP contribution in [0.2, 0.25) is 0 Å². The van der Waals surface area contributed by atoms with E-state index in [9.17, 15) is 0 Å². The lowest BCUT2D eigenvalue weighted by Gasteiger charge is -2.07. The van der Waals surface area contributed by atoms with Crippen molar-refractivity contribution in [3.63, 3.8) is 0 Å². The molecule has 30 heavy (non-hydrogen) atoms. The van der Waals surface area contributed by atoms with Crippen LogP contribution in [-0.4, -0.2) is 24.7 Å². The van der Waals surface area contributed by atoms with E-state index in [0.717, 1.165) is 39.0 Å². The average molecular weight is 393 g/mol. The zero-order chi connectivity index (χ0) is 20.3. The van der Waals surface area contributed by atoms with Crippen molar-refractivity contribution in [3.8, 4) is 28.1 Å². The van der Waals surface area contributed by atoms with Crippen molar-refractivity contribution in [2.75, 3.05) is 0 Å². The summed E-state index contributed by atoms with van der Waals surface area (Å²) in [5.41, 5.74) is 5.02. The molecule has 0 unspecified atom stereocenters. The van der Waals surface area contributed by atoms with Gasteiger partial charge in [0.15, 0.2) is 5.82 Å². The van der Waals surface area contributed by atoms with E-state index in [4.69, 9.17) is 4.74 Å². The lowest BCUT2D eigenvalue weighted by molar-refractivity contribution is 0.296. The highest BCUT2D eigenvalue weighted by Gasteiger charge is 2.12. The second-order valence-corrected chi connectivity index (χ2v) is 6.96. The lowest BCUT2D eigenvalue weighted by atomic mass is 10.0. The fraction of sp³-hybridized carbons (Fsp3) is 0.0833. The molecule has 0 saturated heterocycles. The van der Waals surface area contributed by atoms with Crippen molar-refractivity contribution in [1.82, 2.24) is 24.7 Å². The minimum Gasteiger partial charge on any atom is -0.486 e. The minimum absolute atomic E-state index is 0.316. The van der Waals surface area contributed by atoms with Gasteiger partial charge in [-0.25, -0.2) is 9.97 Å². The lowest BCUT2D eigenvalue weighted by Crippen LogP contribution is -2.01. The highest BCUT2D eigenvalue weighted by Crippen LogP contribution is 2.31. The van der Waals surface area contributed by atoms with Gasteiger partial charge in [0, 0.05) is 48.3 Å². The Kier molecular flexibility index (Phi) is 4.65. The van der Waals surface area contributed by atoms with Gasteiger partial charge in [-0.2, -0.15) is 5.10 Å². The summed E-state index contributed by atoms with van der Waals surface area (Å²) in [6, 6.07) is 19.8. The number of nitrogens with zero attached hydrogens (tertiary/aromatic N) is 5. The van der Waals surface area contributed by atoms with Crippen molar-refractivity contribution >= 4 is 10.9 Å². The molecule has 0 radical (unpaired) electrons. The van der Waals surface area contributed by atoms with Crippen molar-refractivity contribution in [1.29, 1.82) is 0 Å². The van der Waals surface area contributed by atoms with Gasteiger partial charge in [-0.3, -0.25) is 9.67 Å². The first-order valence-electron chi connectivity index (χ1n) is 9.64. The van der Waals surface area contributed by atoms with Crippen molar-refractivity contribution in [2.24, 2.45) is 7.05 Å². The number of ether oxygens (including phenoxy) is 1. The maximum absolute atomic E-state index is 5.89. The molecule has 6 nitrogen and oxygen atoms in total. The molecule has 146 valence electrons. The number of aromatic nitrogens is 5. The third kappa shape index (κ3) is 3.63. The number of para-hydroxylation sites is 1. The number of rotatable bonds is 5. The van der Waals surface area contributed by atoms with Crippen LogP contribution in [0.5, 0.6) is 5.75 Å². The average Bonchev–Trinajstić information content (AvgIpc) is 3.20. The third-order valence-electron chi connectivity index (χ3n) is 4.85. The highest BCUT2D eigenvalue weighted by atomic mass is 16.5. The molecule has 5 rings (SSSR count). The Morgan fingerprint density at radius 2 is 1.70 bits per heavy atom. The largest absolute Gasteiger partial charge is 0.486 e. The minimum atomic E-state index is 0.316. The summed E-state index contributed by atoms with van der Waals surface area (Å²) in [4.78, 5) is 13.0. The Hall–Kier alpha value is -4.06. The molecule has 0 fully saturated rings. The smallest absolute Gasteiger partial charge is 0.166 e. The molecule has 0 spiro atoms. The molecule has 6 heteroatoms. The molecule has 3 aromatic heterocycles. The van der Waals surface area contributed by atoms with Gasteiger partial charge in [-0.15, -0.1) is 0 Å². The van der Waals surface area contributed by atoms with Crippen LogP contribution in [0.3, 0.4) is 0 Å². The maximum atomic E-state index is 5.89. The molecule has 0 bridgehead atoms. The number of hydrogen-bond donors (Lipinski definition) is 0. The van der Waals surface area contributed by atoms with E-state index >= 15 is 0 Å². The molecule has 3 heterocycles. The van der Waals surface area contributed by atoms with Gasteiger partial charge in [0.25, 0.3) is 0 Å². The third-order valence-corrected chi connectivity index (χ3v) is 4.85. The summed E-state index contributed by atoms with van der Waals surface area (Å²) in [6.07, 6.45) is 7.42. The normalized spacial score (nSPS) is 11.0. The summed E-state index contributed by atoms with van der Waals surface area (Å²) in [6.45, 7) is 0.316. The predicted octanol–water partition coefficient (Wildman–Crippen LogP) is 4.67. The molecule has 0 saturated carbocycles. The summed E-state index contributed by atoms with van der Waals surface area (Å²) < 4.78 is 7.72. The summed E-state index contributed by atoms with van der Waals surface area (Å²) >= 11 is 0. The molecule has 0 aliphatic heterocycles. The summed E-state index contributed by atoms with van der Waals surface area (Å²) in [5.74, 6) is 1.42. The Bertz CT molecular complexity index is 1300. The number of fused-ring (bicyclic) bond motifs is 1. The van der Waals surface area contributed by atoms with Crippen molar-refractivity contribution < 1.29 is 4.74 Å². The first kappa shape index (κ1) is 18.0. The van der Waals surface area contributed by atoms with Crippen LogP contribution in [0.15, 0.2) is 85.5 Å². The molecule has 0 amide bonds. The van der Waals surface area contributed by atoms with E-state index in [1.54, 1.807) is 12.4 Å². The van der Waals surface area contributed by atoms with E-state index in [1.807, 2.05) is 84.8 Å². The first-order chi connectivity index (χ1) is 14.8. The van der Waals surface area contributed by atoms with Crippen LogP contribution in [0.4, 0.5) is 0 Å². The van der Waals surface area contributed by atoms with Crippen molar-refractivity contribution in [3.05, 3.63) is 91.3 Å². The number of aryl methyl sites for hydroxylation is 1. The fourth-order valence-corrected chi connectivity index (χ4v) is 3.38. The Balaban J connectivity index is 1.35. The van der Waals surface area contributed by atoms with Crippen LogP contribution in [0.1, 0.15) is 5.82 Å². The molecular formula is C24H19N5O. The van der Waals surface area contributed by atoms with Crippen LogP contribution in [0.25, 0.3) is 33.3 Å². The summed E-state index contributed by atoms with van der Waals surface area (Å²) in [7, 11) is 1.93. The monoisotopic (exact) mass is 393 g/mol. The molecule has 0 atom stereocenters. The van der Waals surface area contributed by atoms with Gasteiger partial charge in [-0.1, -0.05) is 18.2 Å². The molecule has 0 N–H and O–H groups in total. The van der Waals surface area contributed by atoms with Gasteiger partial charge < -0.3 is 4.74 Å². The Labute approximate surface area is 173 Å². The van der Waals surface area contributed by atoms with Gasteiger partial charge in [0.2, 0.25) is 0 Å². The van der Waals surface area contributed by atoms with E-state index < -0.39 is 0 Å². The van der Waals surface area contributed by atoms with E-state index in [0.29, 0.717) is 12.4 Å². The molecule has 5 aromatic rings. The summed E-state index contributed by atoms with van der Waals surface area (Å²) in [5, 5.41) is 5.66. The van der Waals surface area contributed by atoms with Crippen molar-refractivity contribution in [2.45, 2.75) is 6.61 Å². The highest BCUT2D eigenvalue weighted by molar-refractivity contribution is 5.80. The van der Waals surface area contributed by atoms with Gasteiger partial charge in [0.05, 0.1) is 5.52 Å². The zero-order valence-electron chi connectivity index (χ0n) is 16.4. The van der Waals surface area contributed by atoms with E-state index in [2.05, 4.69) is 20.1 Å². The van der Waals surface area contributed by atoms with Crippen LogP contribution in [0, 0.1) is 0 Å². The standard InChI is InChI=1S/C24H19N5O/c1-29-15-21(17-10-12-25-13-11-17)24(28-29)18-6-8-20(9-7-18)30-16-23-26-14-19-4-2-3-5-22(19)27-23/h2-15H,16H2,1H3. The second-order valence-electron chi connectivity index (χ2n) is 6.96. The number of benzene rings is 2. The maximum Gasteiger partial charge on any atom is 0.166 e. The van der Waals surface area contributed by atoms with Crippen LogP contribution in [-0.2, 0) is 13.7 Å². The van der Waals surface area contributed by atoms with Gasteiger partial charge in [-0.05, 0) is 48.0 Å². The second kappa shape index (κ2) is 7.75. The fourth-order valence-electron chi connectivity index (χ4n) is 3.38.